The largest absolute Gasteiger partial charge is 0.465 e. The minimum Gasteiger partial charge on any atom is -0.465 e. The Morgan fingerprint density at radius 2 is 1.81 bits per heavy atom. The van der Waals surface area contributed by atoms with E-state index in [9.17, 15) is 14.7 Å². The van der Waals surface area contributed by atoms with E-state index in [1.165, 1.54) is 6.92 Å². The molecule has 8 heteroatoms. The number of ketones is 1. The molecule has 1 atom stereocenters. The fourth-order valence-electron chi connectivity index (χ4n) is 3.38. The molecule has 1 aromatic heterocycles. The Hall–Kier alpha value is -2.64. The Labute approximate surface area is 162 Å². The molecule has 0 spiro atoms. The van der Waals surface area contributed by atoms with Gasteiger partial charge in [0.25, 0.3) is 0 Å². The summed E-state index contributed by atoms with van der Waals surface area (Å²) in [5.74, 6) is 0.438. The lowest BCUT2D eigenvalue weighted by molar-refractivity contribution is -0.130. The van der Waals surface area contributed by atoms with Gasteiger partial charge in [0.15, 0.2) is 11.4 Å². The van der Waals surface area contributed by atoms with Crippen LogP contribution in [0.25, 0.3) is 11.1 Å². The van der Waals surface area contributed by atoms with Gasteiger partial charge < -0.3 is 10.0 Å². The molecule has 1 saturated heterocycles. The molecule has 1 unspecified atom stereocenters. The number of halogens is 1. The van der Waals surface area contributed by atoms with E-state index in [0.717, 1.165) is 16.0 Å². The van der Waals surface area contributed by atoms with Gasteiger partial charge in [0, 0.05) is 29.9 Å². The maximum atomic E-state index is 12.3. The number of carbonyl (C=O) groups excluding carboxylic acids is 1. The zero-order valence-electron chi connectivity index (χ0n) is 15.1. The summed E-state index contributed by atoms with van der Waals surface area (Å²) in [6, 6.07) is 11.3. The van der Waals surface area contributed by atoms with Gasteiger partial charge >= 0.3 is 6.09 Å². The number of amides is 1. The summed E-state index contributed by atoms with van der Waals surface area (Å²) in [5, 5.41) is 13.1. The first-order valence-corrected chi connectivity index (χ1v) is 8.92. The van der Waals surface area contributed by atoms with Crippen molar-refractivity contribution in [2.24, 2.45) is 0 Å². The normalized spacial score (nSPS) is 19.8. The van der Waals surface area contributed by atoms with Gasteiger partial charge in [0.1, 0.15) is 5.82 Å². The first-order valence-electron chi connectivity index (χ1n) is 8.55. The third-order valence-corrected chi connectivity index (χ3v) is 5.20. The van der Waals surface area contributed by atoms with Gasteiger partial charge in [-0.05, 0) is 43.8 Å². The van der Waals surface area contributed by atoms with Gasteiger partial charge in [-0.25, -0.2) is 9.78 Å². The third kappa shape index (κ3) is 3.61. The average molecular weight is 389 g/mol. The monoisotopic (exact) mass is 388 g/mol. The van der Waals surface area contributed by atoms with E-state index in [1.807, 2.05) is 41.3 Å². The summed E-state index contributed by atoms with van der Waals surface area (Å²) in [5.41, 5.74) is 0.661. The average Bonchev–Trinajstić information content (AvgIpc) is 2.68. The second-order valence-electron chi connectivity index (χ2n) is 6.43. The molecule has 0 aliphatic carbocycles. The van der Waals surface area contributed by atoms with E-state index in [4.69, 9.17) is 11.6 Å². The highest BCUT2D eigenvalue weighted by molar-refractivity contribution is 6.30. The Morgan fingerprint density at radius 3 is 2.33 bits per heavy atom. The highest BCUT2D eigenvalue weighted by atomic mass is 35.5. The number of nitrogens with one attached hydrogen (secondary N) is 1. The summed E-state index contributed by atoms with van der Waals surface area (Å²) in [4.78, 5) is 31.5. The number of pyridine rings is 1. The van der Waals surface area contributed by atoms with E-state index in [2.05, 4.69) is 10.3 Å². The number of carbonyl (C=O) groups is 2. The molecule has 27 heavy (non-hydrogen) atoms. The molecular formula is C19H21ClN4O3. The van der Waals surface area contributed by atoms with Crippen LogP contribution < -0.4 is 10.2 Å². The van der Waals surface area contributed by atoms with E-state index >= 15 is 0 Å². The van der Waals surface area contributed by atoms with E-state index < -0.39 is 11.8 Å². The maximum Gasteiger partial charge on any atom is 0.409 e. The molecule has 2 heterocycles. The van der Waals surface area contributed by atoms with Crippen LogP contribution in [0.1, 0.15) is 6.92 Å². The number of aromatic nitrogens is 1. The van der Waals surface area contributed by atoms with Crippen LogP contribution >= 0.6 is 11.6 Å². The number of likely N-dealkylation sites (N-methyl/N-ethyl adjacent to an activating group) is 1. The summed E-state index contributed by atoms with van der Waals surface area (Å²) < 4.78 is 0. The van der Waals surface area contributed by atoms with Crippen molar-refractivity contribution in [1.82, 2.24) is 15.2 Å². The van der Waals surface area contributed by atoms with Crippen molar-refractivity contribution in [2.75, 3.05) is 31.6 Å². The van der Waals surface area contributed by atoms with Crippen molar-refractivity contribution in [3.8, 4) is 11.1 Å². The van der Waals surface area contributed by atoms with Gasteiger partial charge in [-0.2, -0.15) is 0 Å². The number of hydrogen-bond acceptors (Lipinski definition) is 5. The number of hydrogen-bond donors (Lipinski definition) is 2. The van der Waals surface area contributed by atoms with Crippen molar-refractivity contribution in [3.05, 3.63) is 47.6 Å². The first-order chi connectivity index (χ1) is 12.9. The van der Waals surface area contributed by atoms with Crippen molar-refractivity contribution in [3.63, 3.8) is 0 Å². The highest BCUT2D eigenvalue weighted by Crippen LogP contribution is 2.26. The van der Waals surface area contributed by atoms with Crippen molar-refractivity contribution >= 4 is 29.3 Å². The minimum absolute atomic E-state index is 0.193. The molecular weight excluding hydrogens is 368 g/mol. The van der Waals surface area contributed by atoms with Crippen LogP contribution in [0, 0.1) is 0 Å². The lowest BCUT2D eigenvalue weighted by Crippen LogP contribution is -2.73. The quantitative estimate of drug-likeness (QED) is 0.837. The summed E-state index contributed by atoms with van der Waals surface area (Å²) in [6.45, 7) is 2.25. The SMILES string of the molecule is CNC1(C(C)=O)CN(c2ccc(-c3ccc(Cl)cc3)cn2)CCN1C(=O)O. The molecule has 1 aliphatic heterocycles. The standard InChI is InChI=1S/C19H21ClN4O3/c1-13(25)19(21-2)12-23(9-10-24(19)18(26)27)17-8-5-15(11-22-17)14-3-6-16(20)7-4-14/h3-8,11,21H,9-10,12H2,1-2H3,(H,26,27). The van der Waals surface area contributed by atoms with E-state index in [0.29, 0.717) is 17.4 Å². The fourth-order valence-corrected chi connectivity index (χ4v) is 3.51. The second kappa shape index (κ2) is 7.54. The number of carboxylic acid groups (broad SMARTS) is 1. The van der Waals surface area contributed by atoms with Crippen molar-refractivity contribution in [1.29, 1.82) is 0 Å². The summed E-state index contributed by atoms with van der Waals surface area (Å²) in [7, 11) is 1.60. The third-order valence-electron chi connectivity index (χ3n) is 4.95. The second-order valence-corrected chi connectivity index (χ2v) is 6.87. The Kier molecular flexibility index (Phi) is 5.34. The van der Waals surface area contributed by atoms with Crippen LogP contribution in [-0.4, -0.2) is 59.2 Å². The highest BCUT2D eigenvalue weighted by Gasteiger charge is 2.47. The number of anilines is 1. The summed E-state index contributed by atoms with van der Waals surface area (Å²) in [6.07, 6.45) is 0.641. The zero-order chi connectivity index (χ0) is 19.6. The van der Waals surface area contributed by atoms with Crippen LogP contribution in [-0.2, 0) is 4.79 Å². The predicted molar refractivity (Wildman–Crippen MR) is 104 cm³/mol. The van der Waals surface area contributed by atoms with Crippen LogP contribution in [0.5, 0.6) is 0 Å². The van der Waals surface area contributed by atoms with Crippen LogP contribution in [0.3, 0.4) is 0 Å². The molecule has 1 amide bonds. The number of benzene rings is 1. The zero-order valence-corrected chi connectivity index (χ0v) is 15.9. The Bertz CT molecular complexity index is 841. The van der Waals surface area contributed by atoms with Crippen molar-refractivity contribution < 1.29 is 14.7 Å². The first kappa shape index (κ1) is 19.1. The van der Waals surface area contributed by atoms with Crippen molar-refractivity contribution in [2.45, 2.75) is 12.6 Å². The predicted octanol–water partition coefficient (Wildman–Crippen LogP) is 2.71. The molecule has 2 aromatic rings. The van der Waals surface area contributed by atoms with Gasteiger partial charge in [-0.15, -0.1) is 0 Å². The molecule has 1 aliphatic rings. The molecule has 7 nitrogen and oxygen atoms in total. The summed E-state index contributed by atoms with van der Waals surface area (Å²) >= 11 is 5.92. The molecule has 0 radical (unpaired) electrons. The Balaban J connectivity index is 1.85. The lowest BCUT2D eigenvalue weighted by Gasteiger charge is -2.48. The van der Waals surface area contributed by atoms with Crippen LogP contribution in [0.15, 0.2) is 42.6 Å². The van der Waals surface area contributed by atoms with Gasteiger partial charge in [-0.1, -0.05) is 23.7 Å². The van der Waals surface area contributed by atoms with Gasteiger partial charge in [0.2, 0.25) is 0 Å². The Morgan fingerprint density at radius 1 is 1.15 bits per heavy atom. The molecule has 1 aromatic carbocycles. The van der Waals surface area contributed by atoms with Gasteiger partial charge in [0.05, 0.1) is 6.54 Å². The van der Waals surface area contributed by atoms with Crippen LogP contribution in [0.2, 0.25) is 5.02 Å². The van der Waals surface area contributed by atoms with Crippen LogP contribution in [0.4, 0.5) is 10.6 Å². The molecule has 1 fully saturated rings. The van der Waals surface area contributed by atoms with E-state index in [-0.39, 0.29) is 18.9 Å². The molecule has 142 valence electrons. The molecule has 0 bridgehead atoms. The number of piperazine rings is 1. The number of nitrogens with zero attached hydrogens (tertiary/aromatic N) is 3. The fraction of sp³-hybridized carbons (Fsp3) is 0.316. The minimum atomic E-state index is -1.29. The van der Waals surface area contributed by atoms with Gasteiger partial charge in [-0.3, -0.25) is 15.0 Å². The van der Waals surface area contributed by atoms with E-state index in [1.54, 1.807) is 13.2 Å². The maximum absolute atomic E-state index is 12.3. The smallest absolute Gasteiger partial charge is 0.409 e. The molecule has 3 rings (SSSR count). The number of Topliss-reactive ketones (excluding diaryl/α,β-unsaturated/α-hetero) is 1. The molecule has 0 saturated carbocycles. The number of rotatable bonds is 4. The topological polar surface area (TPSA) is 85.8 Å². The molecule has 2 N–H and O–H groups in total. The lowest BCUT2D eigenvalue weighted by atomic mass is 10.00.